The number of aromatic amines is 1. The smallest absolute Gasteiger partial charge is 0.180 e. The van der Waals surface area contributed by atoms with E-state index in [1.165, 1.54) is 16.0 Å². The molecule has 66 valence electrons. The van der Waals surface area contributed by atoms with Gasteiger partial charge in [0, 0.05) is 22.8 Å². The number of anilines is 1. The van der Waals surface area contributed by atoms with Crippen LogP contribution in [0.2, 0.25) is 0 Å². The van der Waals surface area contributed by atoms with Crippen LogP contribution in [-0.2, 0) is 12.8 Å². The average Bonchev–Trinajstić information content (AvgIpc) is 2.65. The second kappa shape index (κ2) is 2.35. The van der Waals surface area contributed by atoms with E-state index in [1.807, 2.05) is 12.4 Å². The second-order valence-corrected chi connectivity index (χ2v) is 4.33. The Balaban J connectivity index is 2.29. The second-order valence-electron chi connectivity index (χ2n) is 3.22. The van der Waals surface area contributed by atoms with Crippen molar-refractivity contribution in [2.45, 2.75) is 12.8 Å². The molecule has 3 rings (SSSR count). The van der Waals surface area contributed by atoms with Gasteiger partial charge in [-0.1, -0.05) is 0 Å². The van der Waals surface area contributed by atoms with Gasteiger partial charge in [-0.2, -0.15) is 0 Å². The number of rotatable bonds is 0. The molecule has 13 heavy (non-hydrogen) atoms. The number of fused-ring (bicyclic) bond motifs is 3. The lowest BCUT2D eigenvalue weighted by Crippen LogP contribution is -1.98. The fraction of sp³-hybridized carbons (Fsp3) is 0.222. The van der Waals surface area contributed by atoms with Crippen molar-refractivity contribution in [3.63, 3.8) is 0 Å². The summed E-state index contributed by atoms with van der Waals surface area (Å²) in [5.41, 5.74) is 9.36. The summed E-state index contributed by atoms with van der Waals surface area (Å²) in [6.07, 6.45) is 6.24. The SMILES string of the molecule is Nc1nc2c(s1)CCc1c[nH]cc1-2. The number of aryl methyl sites for hydroxylation is 2. The van der Waals surface area contributed by atoms with Crippen LogP contribution in [0.5, 0.6) is 0 Å². The Hall–Kier alpha value is -1.29. The van der Waals surface area contributed by atoms with Gasteiger partial charge in [-0.15, -0.1) is 11.3 Å². The summed E-state index contributed by atoms with van der Waals surface area (Å²) in [7, 11) is 0. The fourth-order valence-corrected chi connectivity index (χ4v) is 2.67. The van der Waals surface area contributed by atoms with Gasteiger partial charge >= 0.3 is 0 Å². The molecule has 2 aromatic heterocycles. The maximum Gasteiger partial charge on any atom is 0.180 e. The first-order valence-corrected chi connectivity index (χ1v) is 5.07. The lowest BCUT2D eigenvalue weighted by Gasteiger charge is -2.08. The van der Waals surface area contributed by atoms with Crippen LogP contribution in [0.15, 0.2) is 12.4 Å². The molecule has 0 unspecified atom stereocenters. The predicted octanol–water partition coefficient (Wildman–Crippen LogP) is 1.82. The topological polar surface area (TPSA) is 54.7 Å². The minimum atomic E-state index is 0.680. The van der Waals surface area contributed by atoms with Crippen molar-refractivity contribution in [2.24, 2.45) is 0 Å². The van der Waals surface area contributed by atoms with Crippen LogP contribution in [0, 0.1) is 0 Å². The van der Waals surface area contributed by atoms with Crippen molar-refractivity contribution in [1.82, 2.24) is 9.97 Å². The monoisotopic (exact) mass is 191 g/mol. The molecule has 3 N–H and O–H groups in total. The molecule has 0 radical (unpaired) electrons. The molecule has 0 saturated carbocycles. The van der Waals surface area contributed by atoms with E-state index >= 15 is 0 Å². The lowest BCUT2D eigenvalue weighted by atomic mass is 9.98. The van der Waals surface area contributed by atoms with Crippen LogP contribution < -0.4 is 5.73 Å². The largest absolute Gasteiger partial charge is 0.375 e. The van der Waals surface area contributed by atoms with Gasteiger partial charge in [0.15, 0.2) is 5.13 Å². The average molecular weight is 191 g/mol. The Kier molecular flexibility index (Phi) is 1.29. The van der Waals surface area contributed by atoms with Crippen molar-refractivity contribution < 1.29 is 0 Å². The predicted molar refractivity (Wildman–Crippen MR) is 53.7 cm³/mol. The van der Waals surface area contributed by atoms with Crippen molar-refractivity contribution in [3.8, 4) is 11.3 Å². The zero-order valence-corrected chi connectivity index (χ0v) is 7.82. The number of H-pyrrole nitrogens is 1. The molecule has 0 bridgehead atoms. The highest BCUT2D eigenvalue weighted by molar-refractivity contribution is 7.15. The van der Waals surface area contributed by atoms with Crippen LogP contribution in [-0.4, -0.2) is 9.97 Å². The van der Waals surface area contributed by atoms with E-state index in [0.29, 0.717) is 5.13 Å². The fourth-order valence-electron chi connectivity index (χ4n) is 1.82. The number of hydrogen-bond acceptors (Lipinski definition) is 3. The summed E-state index contributed by atoms with van der Waals surface area (Å²) < 4.78 is 0. The van der Waals surface area contributed by atoms with Gasteiger partial charge in [0.25, 0.3) is 0 Å². The number of aromatic nitrogens is 2. The number of nitrogen functional groups attached to an aromatic ring is 1. The number of thiazole rings is 1. The van der Waals surface area contributed by atoms with Crippen LogP contribution in [0.25, 0.3) is 11.3 Å². The number of nitrogens with one attached hydrogen (secondary N) is 1. The molecule has 0 saturated heterocycles. The normalized spacial score (nSPS) is 13.8. The maximum absolute atomic E-state index is 5.68. The van der Waals surface area contributed by atoms with E-state index in [-0.39, 0.29) is 0 Å². The van der Waals surface area contributed by atoms with Crippen molar-refractivity contribution in [2.75, 3.05) is 5.73 Å². The summed E-state index contributed by atoms with van der Waals surface area (Å²) in [5.74, 6) is 0. The van der Waals surface area contributed by atoms with Gasteiger partial charge < -0.3 is 10.7 Å². The molecule has 1 aliphatic carbocycles. The molecule has 0 aromatic carbocycles. The van der Waals surface area contributed by atoms with Gasteiger partial charge in [-0.05, 0) is 18.4 Å². The summed E-state index contributed by atoms with van der Waals surface area (Å²) >= 11 is 1.61. The first-order chi connectivity index (χ1) is 6.34. The number of nitrogens with zero attached hydrogens (tertiary/aromatic N) is 1. The Labute approximate surface area is 79.6 Å². The van der Waals surface area contributed by atoms with Crippen LogP contribution in [0.4, 0.5) is 5.13 Å². The molecule has 0 aliphatic heterocycles. The van der Waals surface area contributed by atoms with E-state index in [0.717, 1.165) is 18.5 Å². The standard InChI is InChI=1S/C9H9N3S/c10-9-12-8-6-4-11-3-5(6)1-2-7(8)13-9/h3-4,11H,1-2H2,(H2,10,12). The Morgan fingerprint density at radius 2 is 2.31 bits per heavy atom. The van der Waals surface area contributed by atoms with Crippen molar-refractivity contribution >= 4 is 16.5 Å². The Bertz CT molecular complexity index is 455. The summed E-state index contributed by atoms with van der Waals surface area (Å²) in [5, 5.41) is 0.680. The quantitative estimate of drug-likeness (QED) is 0.667. The third-order valence-corrected chi connectivity index (χ3v) is 3.37. The summed E-state index contributed by atoms with van der Waals surface area (Å²) in [4.78, 5) is 8.78. The van der Waals surface area contributed by atoms with Crippen LogP contribution >= 0.6 is 11.3 Å². The minimum Gasteiger partial charge on any atom is -0.375 e. The zero-order valence-electron chi connectivity index (χ0n) is 7.00. The molecule has 0 atom stereocenters. The molecule has 4 heteroatoms. The van der Waals surface area contributed by atoms with E-state index < -0.39 is 0 Å². The van der Waals surface area contributed by atoms with Gasteiger partial charge in [0.2, 0.25) is 0 Å². The van der Waals surface area contributed by atoms with E-state index in [4.69, 9.17) is 5.73 Å². The van der Waals surface area contributed by atoms with Crippen LogP contribution in [0.3, 0.4) is 0 Å². The molecule has 2 aromatic rings. The van der Waals surface area contributed by atoms with Gasteiger partial charge in [-0.3, -0.25) is 0 Å². The minimum absolute atomic E-state index is 0.680. The van der Waals surface area contributed by atoms with Crippen molar-refractivity contribution in [1.29, 1.82) is 0 Å². The molecule has 2 heterocycles. The van der Waals surface area contributed by atoms with Gasteiger partial charge in [-0.25, -0.2) is 4.98 Å². The molecular formula is C9H9N3S. The first kappa shape index (κ1) is 7.15. The molecule has 3 nitrogen and oxygen atoms in total. The highest BCUT2D eigenvalue weighted by Crippen LogP contribution is 2.36. The number of hydrogen-bond donors (Lipinski definition) is 2. The summed E-state index contributed by atoms with van der Waals surface area (Å²) in [6, 6.07) is 0. The lowest BCUT2D eigenvalue weighted by molar-refractivity contribution is 0.960. The van der Waals surface area contributed by atoms with Crippen molar-refractivity contribution in [3.05, 3.63) is 22.8 Å². The Morgan fingerprint density at radius 1 is 1.38 bits per heavy atom. The highest BCUT2D eigenvalue weighted by atomic mass is 32.1. The third kappa shape index (κ3) is 0.920. The molecular weight excluding hydrogens is 182 g/mol. The van der Waals surface area contributed by atoms with E-state index in [2.05, 4.69) is 9.97 Å². The molecule has 0 spiro atoms. The van der Waals surface area contributed by atoms with E-state index in [9.17, 15) is 0 Å². The number of nitrogens with two attached hydrogens (primary N) is 1. The molecule has 0 fully saturated rings. The van der Waals surface area contributed by atoms with Crippen LogP contribution in [0.1, 0.15) is 10.4 Å². The van der Waals surface area contributed by atoms with E-state index in [1.54, 1.807) is 11.3 Å². The van der Waals surface area contributed by atoms with Gasteiger partial charge in [0.05, 0.1) is 5.69 Å². The first-order valence-electron chi connectivity index (χ1n) is 4.26. The highest BCUT2D eigenvalue weighted by Gasteiger charge is 2.20. The van der Waals surface area contributed by atoms with Gasteiger partial charge in [0.1, 0.15) is 0 Å². The Morgan fingerprint density at radius 3 is 3.23 bits per heavy atom. The maximum atomic E-state index is 5.68. The summed E-state index contributed by atoms with van der Waals surface area (Å²) in [6.45, 7) is 0. The molecule has 0 amide bonds. The molecule has 1 aliphatic rings. The zero-order chi connectivity index (χ0) is 8.84. The third-order valence-electron chi connectivity index (χ3n) is 2.42.